The Kier molecular flexibility index (Phi) is 4.91. The number of carbonyl (C=O) groups is 1. The predicted molar refractivity (Wildman–Crippen MR) is 105 cm³/mol. The summed E-state index contributed by atoms with van der Waals surface area (Å²) >= 11 is 0. The summed E-state index contributed by atoms with van der Waals surface area (Å²) in [6.07, 6.45) is 6.69. The maximum Gasteiger partial charge on any atom is 0.350 e. The quantitative estimate of drug-likeness (QED) is 0.771. The first-order valence-corrected chi connectivity index (χ1v) is 9.40. The standard InChI is InChI=1S/C20H23N5O2/c26-19(15-25-20(27)24-14-6-3-7-18(24)22-25)21-16-8-10-17(11-9-16)23-12-4-1-2-5-13-23/h3,6-11,14H,1-2,4-5,12-13,15H2,(H,21,26). The number of anilines is 2. The molecule has 7 nitrogen and oxygen atoms in total. The van der Waals surface area contributed by atoms with Gasteiger partial charge in [0.1, 0.15) is 6.54 Å². The Morgan fingerprint density at radius 2 is 1.74 bits per heavy atom. The maximum absolute atomic E-state index is 12.3. The molecule has 0 bridgehead atoms. The lowest BCUT2D eigenvalue weighted by Gasteiger charge is -2.22. The molecular formula is C20H23N5O2. The lowest BCUT2D eigenvalue weighted by atomic mass is 10.2. The summed E-state index contributed by atoms with van der Waals surface area (Å²) in [5, 5.41) is 7.02. The van der Waals surface area contributed by atoms with E-state index in [4.69, 9.17) is 0 Å². The molecule has 1 fully saturated rings. The Morgan fingerprint density at radius 1 is 1.00 bits per heavy atom. The van der Waals surface area contributed by atoms with Crippen LogP contribution in [0.15, 0.2) is 53.5 Å². The van der Waals surface area contributed by atoms with Gasteiger partial charge in [0.05, 0.1) is 0 Å². The summed E-state index contributed by atoms with van der Waals surface area (Å²) in [6.45, 7) is 2.05. The van der Waals surface area contributed by atoms with E-state index in [1.54, 1.807) is 24.4 Å². The second-order valence-corrected chi connectivity index (χ2v) is 6.87. The molecule has 1 N–H and O–H groups in total. The predicted octanol–water partition coefficient (Wildman–Crippen LogP) is 2.52. The van der Waals surface area contributed by atoms with E-state index >= 15 is 0 Å². The van der Waals surface area contributed by atoms with E-state index in [-0.39, 0.29) is 18.1 Å². The molecule has 0 saturated carbocycles. The van der Waals surface area contributed by atoms with Gasteiger partial charge in [0.2, 0.25) is 5.91 Å². The zero-order valence-corrected chi connectivity index (χ0v) is 15.2. The third-order valence-electron chi connectivity index (χ3n) is 4.90. The third kappa shape index (κ3) is 3.86. The minimum atomic E-state index is -0.322. The fourth-order valence-electron chi connectivity index (χ4n) is 3.49. The molecule has 7 heteroatoms. The van der Waals surface area contributed by atoms with Crippen LogP contribution in [-0.2, 0) is 11.3 Å². The molecule has 1 saturated heterocycles. The molecule has 1 amide bonds. The van der Waals surface area contributed by atoms with Crippen molar-refractivity contribution in [2.45, 2.75) is 32.2 Å². The topological polar surface area (TPSA) is 71.6 Å². The van der Waals surface area contributed by atoms with Crippen LogP contribution in [0.4, 0.5) is 11.4 Å². The van der Waals surface area contributed by atoms with Gasteiger partial charge in [0.15, 0.2) is 5.65 Å². The molecule has 1 aromatic carbocycles. The minimum Gasteiger partial charge on any atom is -0.372 e. The van der Waals surface area contributed by atoms with Crippen molar-refractivity contribution in [2.24, 2.45) is 0 Å². The van der Waals surface area contributed by atoms with Gasteiger partial charge in [-0.1, -0.05) is 18.9 Å². The van der Waals surface area contributed by atoms with E-state index in [1.807, 2.05) is 24.3 Å². The van der Waals surface area contributed by atoms with E-state index in [0.29, 0.717) is 5.65 Å². The highest BCUT2D eigenvalue weighted by Crippen LogP contribution is 2.21. The average molecular weight is 365 g/mol. The molecule has 0 spiro atoms. The molecule has 0 unspecified atom stereocenters. The van der Waals surface area contributed by atoms with E-state index < -0.39 is 0 Å². The SMILES string of the molecule is O=C(Cn1nc2ccccn2c1=O)Nc1ccc(N2CCCCCC2)cc1. The van der Waals surface area contributed by atoms with Crippen molar-refractivity contribution >= 4 is 22.9 Å². The molecule has 27 heavy (non-hydrogen) atoms. The summed E-state index contributed by atoms with van der Waals surface area (Å²) < 4.78 is 2.60. The average Bonchev–Trinajstić information content (AvgIpc) is 2.86. The number of aromatic nitrogens is 3. The number of hydrogen-bond donors (Lipinski definition) is 1. The van der Waals surface area contributed by atoms with Crippen molar-refractivity contribution in [3.63, 3.8) is 0 Å². The number of pyridine rings is 1. The molecule has 3 aromatic rings. The van der Waals surface area contributed by atoms with Crippen LogP contribution in [0.1, 0.15) is 25.7 Å². The van der Waals surface area contributed by atoms with E-state index in [1.165, 1.54) is 40.5 Å². The van der Waals surface area contributed by atoms with Crippen LogP contribution in [-0.4, -0.2) is 33.2 Å². The molecule has 4 rings (SSSR count). The third-order valence-corrected chi connectivity index (χ3v) is 4.90. The number of hydrogen-bond acceptors (Lipinski definition) is 4. The van der Waals surface area contributed by atoms with Gasteiger partial charge in [-0.2, -0.15) is 0 Å². The Morgan fingerprint density at radius 3 is 2.44 bits per heavy atom. The fourth-order valence-corrected chi connectivity index (χ4v) is 3.49. The number of rotatable bonds is 4. The van der Waals surface area contributed by atoms with Gasteiger partial charge in [-0.3, -0.25) is 9.20 Å². The molecule has 1 aliphatic rings. The number of benzene rings is 1. The van der Waals surface area contributed by atoms with Crippen LogP contribution in [0.3, 0.4) is 0 Å². The Balaban J connectivity index is 1.41. The zero-order chi connectivity index (χ0) is 18.6. The van der Waals surface area contributed by atoms with Crippen molar-refractivity contribution in [1.82, 2.24) is 14.2 Å². The summed E-state index contributed by atoms with van der Waals surface area (Å²) in [7, 11) is 0. The van der Waals surface area contributed by atoms with Crippen LogP contribution in [0.25, 0.3) is 5.65 Å². The highest BCUT2D eigenvalue weighted by atomic mass is 16.2. The molecular weight excluding hydrogens is 342 g/mol. The molecule has 140 valence electrons. The second-order valence-electron chi connectivity index (χ2n) is 6.87. The fraction of sp³-hybridized carbons (Fsp3) is 0.350. The normalized spacial score (nSPS) is 14.9. The monoisotopic (exact) mass is 365 g/mol. The van der Waals surface area contributed by atoms with Crippen LogP contribution < -0.4 is 15.9 Å². The van der Waals surface area contributed by atoms with E-state index in [0.717, 1.165) is 18.8 Å². The van der Waals surface area contributed by atoms with Crippen molar-refractivity contribution in [1.29, 1.82) is 0 Å². The first-order valence-electron chi connectivity index (χ1n) is 9.40. The van der Waals surface area contributed by atoms with Crippen LogP contribution >= 0.6 is 0 Å². The number of nitrogens with zero attached hydrogens (tertiary/aromatic N) is 4. The van der Waals surface area contributed by atoms with Crippen LogP contribution in [0.5, 0.6) is 0 Å². The number of carbonyl (C=O) groups excluding carboxylic acids is 1. The van der Waals surface area contributed by atoms with Crippen molar-refractivity contribution in [3.05, 3.63) is 59.1 Å². The molecule has 1 aliphatic heterocycles. The van der Waals surface area contributed by atoms with Crippen LogP contribution in [0.2, 0.25) is 0 Å². The van der Waals surface area contributed by atoms with Gasteiger partial charge in [-0.15, -0.1) is 5.10 Å². The van der Waals surface area contributed by atoms with Gasteiger partial charge in [0.25, 0.3) is 0 Å². The lowest BCUT2D eigenvalue weighted by molar-refractivity contribution is -0.117. The smallest absolute Gasteiger partial charge is 0.350 e. The Labute approximate surface area is 157 Å². The van der Waals surface area contributed by atoms with Gasteiger partial charge < -0.3 is 10.2 Å². The molecule has 0 atom stereocenters. The van der Waals surface area contributed by atoms with E-state index in [2.05, 4.69) is 15.3 Å². The second kappa shape index (κ2) is 7.65. The highest BCUT2D eigenvalue weighted by Gasteiger charge is 2.12. The zero-order valence-electron chi connectivity index (χ0n) is 15.2. The van der Waals surface area contributed by atoms with Gasteiger partial charge in [-0.25, -0.2) is 9.48 Å². The summed E-state index contributed by atoms with van der Waals surface area (Å²) in [5.74, 6) is -0.275. The Hall–Kier alpha value is -3.09. The van der Waals surface area contributed by atoms with Gasteiger partial charge in [0, 0.05) is 30.7 Å². The molecule has 2 aromatic heterocycles. The molecule has 0 aliphatic carbocycles. The highest BCUT2D eigenvalue weighted by molar-refractivity contribution is 5.90. The minimum absolute atomic E-state index is 0.117. The number of amides is 1. The summed E-state index contributed by atoms with van der Waals surface area (Å²) in [5.41, 5.74) is 2.11. The molecule has 3 heterocycles. The largest absolute Gasteiger partial charge is 0.372 e. The molecule has 0 radical (unpaired) electrons. The maximum atomic E-state index is 12.3. The summed E-state index contributed by atoms with van der Waals surface area (Å²) in [6, 6.07) is 13.2. The Bertz CT molecular complexity index is 982. The van der Waals surface area contributed by atoms with Crippen molar-refractivity contribution in [2.75, 3.05) is 23.3 Å². The first kappa shape index (κ1) is 17.3. The van der Waals surface area contributed by atoms with Gasteiger partial charge >= 0.3 is 5.69 Å². The number of fused-ring (bicyclic) bond motifs is 1. The van der Waals surface area contributed by atoms with Crippen molar-refractivity contribution < 1.29 is 4.79 Å². The van der Waals surface area contributed by atoms with Crippen LogP contribution in [0, 0.1) is 0 Å². The van der Waals surface area contributed by atoms with Crippen molar-refractivity contribution in [3.8, 4) is 0 Å². The number of nitrogens with one attached hydrogen (secondary N) is 1. The first-order chi connectivity index (χ1) is 13.2. The summed E-state index contributed by atoms with van der Waals surface area (Å²) in [4.78, 5) is 27.0. The van der Waals surface area contributed by atoms with E-state index in [9.17, 15) is 9.59 Å². The van der Waals surface area contributed by atoms with Gasteiger partial charge in [-0.05, 0) is 49.2 Å². The lowest BCUT2D eigenvalue weighted by Crippen LogP contribution is -2.28.